The lowest BCUT2D eigenvalue weighted by Gasteiger charge is -2.25. The number of hydroxylamine groups is 2. The number of amides is 1. The van der Waals surface area contributed by atoms with Crippen molar-refractivity contribution in [2.24, 2.45) is 4.99 Å². The van der Waals surface area contributed by atoms with Crippen LogP contribution < -0.4 is 20.7 Å². The van der Waals surface area contributed by atoms with E-state index in [2.05, 4.69) is 10.2 Å². The predicted molar refractivity (Wildman–Crippen MR) is 155 cm³/mol. The van der Waals surface area contributed by atoms with E-state index in [4.69, 9.17) is 14.5 Å². The molecule has 2 aromatic heterocycles. The lowest BCUT2D eigenvalue weighted by Crippen LogP contribution is -2.44. The van der Waals surface area contributed by atoms with Crippen LogP contribution in [0.25, 0.3) is 11.3 Å². The normalized spacial score (nSPS) is 12.6. The van der Waals surface area contributed by atoms with Crippen LogP contribution >= 0.6 is 0 Å². The predicted octanol–water partition coefficient (Wildman–Crippen LogP) is 3.40. The first-order valence-corrected chi connectivity index (χ1v) is 13.7. The average molecular weight is 575 g/mol. The van der Waals surface area contributed by atoms with Crippen LogP contribution in [0, 0.1) is 20.8 Å². The van der Waals surface area contributed by atoms with Crippen LogP contribution in [0.1, 0.15) is 39.7 Å². The van der Waals surface area contributed by atoms with Gasteiger partial charge < -0.3 is 14.6 Å². The van der Waals surface area contributed by atoms with Crippen molar-refractivity contribution in [2.75, 3.05) is 20.3 Å². The second-order valence-electron chi connectivity index (χ2n) is 10.2. The fourth-order valence-corrected chi connectivity index (χ4v) is 5.40. The van der Waals surface area contributed by atoms with Crippen molar-refractivity contribution in [2.45, 2.75) is 47.2 Å². The van der Waals surface area contributed by atoms with E-state index in [1.54, 1.807) is 11.7 Å². The summed E-state index contributed by atoms with van der Waals surface area (Å²) in [5, 5.41) is 26.8. The van der Waals surface area contributed by atoms with Crippen LogP contribution in [0.15, 0.2) is 46.3 Å². The van der Waals surface area contributed by atoms with Crippen LogP contribution in [0.4, 0.5) is 5.69 Å². The molecule has 3 N–H and O–H groups in total. The summed E-state index contributed by atoms with van der Waals surface area (Å²) in [6.45, 7) is 8.48. The van der Waals surface area contributed by atoms with E-state index < -0.39 is 5.91 Å². The molecule has 0 aliphatic carbocycles. The summed E-state index contributed by atoms with van der Waals surface area (Å²) in [4.78, 5) is 31.6. The van der Waals surface area contributed by atoms with Gasteiger partial charge in [-0.2, -0.15) is 5.10 Å². The lowest BCUT2D eigenvalue weighted by atomic mass is 9.97. The highest BCUT2D eigenvalue weighted by Crippen LogP contribution is 2.37. The largest absolute Gasteiger partial charge is 0.504 e. The third-order valence-electron chi connectivity index (χ3n) is 7.33. The van der Waals surface area contributed by atoms with E-state index in [0.717, 1.165) is 39.7 Å². The van der Waals surface area contributed by atoms with E-state index in [-0.39, 0.29) is 30.2 Å². The second kappa shape index (κ2) is 11.6. The minimum Gasteiger partial charge on any atom is -0.504 e. The number of aryl methyl sites for hydroxylation is 4. The molecule has 0 bridgehead atoms. The minimum atomic E-state index is -0.876. The summed E-state index contributed by atoms with van der Waals surface area (Å²) in [7, 11) is 1.58. The number of rotatable bonds is 8. The zero-order chi connectivity index (χ0) is 30.1. The lowest BCUT2D eigenvalue weighted by molar-refractivity contribution is -0.0608. The van der Waals surface area contributed by atoms with Crippen LogP contribution in [0.3, 0.4) is 0 Å². The zero-order valence-electron chi connectivity index (χ0n) is 24.3. The number of carbonyl (C=O) groups excluding carboxylic acids is 1. The highest BCUT2D eigenvalue weighted by atomic mass is 16.5. The number of fused-ring (bicyclic) bond motifs is 3. The van der Waals surface area contributed by atoms with Crippen molar-refractivity contribution in [3.05, 3.63) is 80.4 Å². The van der Waals surface area contributed by atoms with E-state index in [1.165, 1.54) is 4.57 Å². The molecule has 1 aliphatic heterocycles. The molecule has 0 spiro atoms. The van der Waals surface area contributed by atoms with Crippen molar-refractivity contribution in [1.82, 2.24) is 24.4 Å². The van der Waals surface area contributed by atoms with Crippen molar-refractivity contribution in [3.63, 3.8) is 0 Å². The molecule has 3 heterocycles. The SMILES string of the molecule is CCOc1cc2c(cc1OC)-c1cc(=Nc3c(C)cc(C)cc3C)n(CCN(O)C(=O)c3[nH]ncc3O)c(=O)n1CC2. The summed E-state index contributed by atoms with van der Waals surface area (Å²) >= 11 is 0. The Balaban J connectivity index is 1.65. The molecule has 0 radical (unpaired) electrons. The Hall–Kier alpha value is -4.84. The number of methoxy groups -OCH3 is 1. The maximum Gasteiger partial charge on any atom is 0.330 e. The Morgan fingerprint density at radius 2 is 1.88 bits per heavy atom. The van der Waals surface area contributed by atoms with Crippen LogP contribution in [-0.4, -0.2) is 60.9 Å². The van der Waals surface area contributed by atoms with Crippen LogP contribution in [-0.2, 0) is 19.5 Å². The molecule has 1 aliphatic rings. The quantitative estimate of drug-likeness (QED) is 0.216. The molecule has 5 rings (SSSR count). The Labute approximate surface area is 242 Å². The van der Waals surface area contributed by atoms with Crippen molar-refractivity contribution in [3.8, 4) is 28.5 Å². The molecule has 2 aromatic carbocycles. The number of H-pyrrole nitrogens is 1. The second-order valence-corrected chi connectivity index (χ2v) is 10.2. The van der Waals surface area contributed by atoms with E-state index in [1.807, 2.05) is 58.0 Å². The topological polar surface area (TPSA) is 147 Å². The maximum absolute atomic E-state index is 14.0. The minimum absolute atomic E-state index is 0.0570. The number of aromatic hydroxyl groups is 1. The van der Waals surface area contributed by atoms with Gasteiger partial charge in [-0.3, -0.25) is 24.2 Å². The highest BCUT2D eigenvalue weighted by molar-refractivity contribution is 5.93. The molecule has 4 aromatic rings. The number of hydrogen-bond donors (Lipinski definition) is 3. The van der Waals surface area contributed by atoms with Gasteiger partial charge in [0.05, 0.1) is 37.8 Å². The van der Waals surface area contributed by atoms with Gasteiger partial charge >= 0.3 is 5.69 Å². The highest BCUT2D eigenvalue weighted by Gasteiger charge is 2.24. The molecule has 0 saturated heterocycles. The number of hydrogen-bond acceptors (Lipinski definition) is 8. The molecule has 0 saturated carbocycles. The zero-order valence-corrected chi connectivity index (χ0v) is 24.3. The Morgan fingerprint density at radius 1 is 1.14 bits per heavy atom. The van der Waals surface area contributed by atoms with Crippen LogP contribution in [0.5, 0.6) is 17.2 Å². The maximum atomic E-state index is 14.0. The fourth-order valence-electron chi connectivity index (χ4n) is 5.40. The van der Waals surface area contributed by atoms with Crippen molar-refractivity contribution in [1.29, 1.82) is 0 Å². The van der Waals surface area contributed by atoms with Crippen molar-refractivity contribution >= 4 is 11.6 Å². The average Bonchev–Trinajstić information content (AvgIpc) is 3.39. The molecule has 42 heavy (non-hydrogen) atoms. The molecule has 0 unspecified atom stereocenters. The monoisotopic (exact) mass is 574 g/mol. The van der Waals surface area contributed by atoms with Gasteiger partial charge in [-0.05, 0) is 62.9 Å². The third kappa shape index (κ3) is 5.28. The van der Waals surface area contributed by atoms with Crippen molar-refractivity contribution < 1.29 is 24.6 Å². The Morgan fingerprint density at radius 3 is 2.52 bits per heavy atom. The summed E-state index contributed by atoms with van der Waals surface area (Å²) in [6.07, 6.45) is 1.67. The van der Waals surface area contributed by atoms with E-state index in [0.29, 0.717) is 47.3 Å². The summed E-state index contributed by atoms with van der Waals surface area (Å²) in [6, 6.07) is 9.75. The fraction of sp³-hybridized carbons (Fsp3) is 0.333. The van der Waals surface area contributed by atoms with Gasteiger partial charge in [0.15, 0.2) is 22.9 Å². The standard InChI is InChI=1S/C30H34N6O6/c1-6-42-25-13-20-7-8-34-22(21(20)14-24(25)41-5)15-26(32-27-18(3)11-17(2)12-19(27)4)35(30(34)39)9-10-36(40)29(38)28-23(37)16-31-33-28/h11-16,37,40H,6-10H2,1-5H3,(H,31,33). The first kappa shape index (κ1) is 28.7. The van der Waals surface area contributed by atoms with Gasteiger partial charge in [-0.15, -0.1) is 0 Å². The smallest absolute Gasteiger partial charge is 0.330 e. The summed E-state index contributed by atoms with van der Waals surface area (Å²) in [5.74, 6) is -0.0533. The first-order chi connectivity index (χ1) is 20.1. The molecular formula is C30H34N6O6. The molecule has 220 valence electrons. The molecule has 0 fully saturated rings. The van der Waals surface area contributed by atoms with Crippen LogP contribution in [0.2, 0.25) is 0 Å². The molecule has 0 atom stereocenters. The number of benzene rings is 2. The van der Waals surface area contributed by atoms with Gasteiger partial charge in [0, 0.05) is 24.7 Å². The third-order valence-corrected chi connectivity index (χ3v) is 7.33. The number of ether oxygens (including phenoxy) is 2. The molecule has 12 nitrogen and oxygen atoms in total. The first-order valence-electron chi connectivity index (χ1n) is 13.7. The number of carbonyl (C=O) groups is 1. The van der Waals surface area contributed by atoms with E-state index >= 15 is 0 Å². The molecule has 12 heteroatoms. The van der Waals surface area contributed by atoms with E-state index in [9.17, 15) is 19.9 Å². The number of nitrogens with one attached hydrogen (secondary N) is 1. The van der Waals surface area contributed by atoms with Gasteiger partial charge in [0.25, 0.3) is 5.91 Å². The van der Waals surface area contributed by atoms with Gasteiger partial charge in [-0.25, -0.2) is 14.9 Å². The summed E-state index contributed by atoms with van der Waals surface area (Å²) < 4.78 is 14.5. The van der Waals surface area contributed by atoms with Gasteiger partial charge in [0.1, 0.15) is 5.49 Å². The summed E-state index contributed by atoms with van der Waals surface area (Å²) in [5.41, 5.74) is 6.07. The molecular weight excluding hydrogens is 540 g/mol. The Bertz CT molecular complexity index is 1780. The Kier molecular flexibility index (Phi) is 7.90. The van der Waals surface area contributed by atoms with Gasteiger partial charge in [-0.1, -0.05) is 17.7 Å². The number of aromatic amines is 1. The van der Waals surface area contributed by atoms with Gasteiger partial charge in [0.2, 0.25) is 0 Å². The number of nitrogens with zero attached hydrogens (tertiary/aromatic N) is 5. The molecule has 1 amide bonds. The number of aromatic nitrogens is 4.